The largest absolute Gasteiger partial charge is 0.405 e. The molecule has 0 spiro atoms. The molecule has 0 aliphatic rings. The number of benzene rings is 3. The number of nitrogens with two attached hydrogens (primary N) is 1. The fourth-order valence-corrected chi connectivity index (χ4v) is 3.59. The maximum Gasteiger partial charge on any atom is 0.133 e. The van der Waals surface area contributed by atoms with Crippen molar-refractivity contribution in [2.24, 2.45) is 10.7 Å². The summed E-state index contributed by atoms with van der Waals surface area (Å²) in [5.41, 5.74) is 12.2. The van der Waals surface area contributed by atoms with Gasteiger partial charge in [0.2, 0.25) is 0 Å². The molecular formula is C30H37N5. The molecular weight excluding hydrogens is 430 g/mol. The molecule has 0 aromatic heterocycles. The van der Waals surface area contributed by atoms with Crippen molar-refractivity contribution < 1.29 is 0 Å². The number of hydrogen-bond donors (Lipinski definition) is 4. The van der Waals surface area contributed by atoms with Crippen molar-refractivity contribution in [2.75, 3.05) is 18.9 Å². The second-order valence-corrected chi connectivity index (χ2v) is 7.98. The number of nitrogens with zero attached hydrogens (tertiary/aromatic N) is 1. The Kier molecular flexibility index (Phi) is 11.0. The summed E-state index contributed by atoms with van der Waals surface area (Å²) in [6, 6.07) is 24.6. The van der Waals surface area contributed by atoms with Gasteiger partial charge in [-0.25, -0.2) is 0 Å². The number of amidine groups is 1. The van der Waals surface area contributed by atoms with E-state index in [1.807, 2.05) is 49.5 Å². The van der Waals surface area contributed by atoms with Crippen LogP contribution in [0.4, 0.5) is 5.69 Å². The van der Waals surface area contributed by atoms with Gasteiger partial charge in [-0.15, -0.1) is 0 Å². The van der Waals surface area contributed by atoms with Gasteiger partial charge >= 0.3 is 0 Å². The number of aryl methyl sites for hydroxylation is 1. The predicted molar refractivity (Wildman–Crippen MR) is 152 cm³/mol. The Labute approximate surface area is 210 Å². The molecule has 5 nitrogen and oxygen atoms in total. The molecule has 0 amide bonds. The van der Waals surface area contributed by atoms with Gasteiger partial charge in [-0.1, -0.05) is 80.4 Å². The van der Waals surface area contributed by atoms with Crippen LogP contribution in [0.5, 0.6) is 0 Å². The smallest absolute Gasteiger partial charge is 0.133 e. The molecule has 0 heterocycles. The second kappa shape index (κ2) is 14.2. The molecule has 1 unspecified atom stereocenters. The maximum absolute atomic E-state index is 5.10. The van der Waals surface area contributed by atoms with E-state index < -0.39 is 0 Å². The fourth-order valence-electron chi connectivity index (χ4n) is 3.59. The van der Waals surface area contributed by atoms with Crippen LogP contribution in [0.2, 0.25) is 0 Å². The normalized spacial score (nSPS) is 11.5. The summed E-state index contributed by atoms with van der Waals surface area (Å²) in [5, 5.41) is 9.96. The fraction of sp³-hybridized carbons (Fsp3) is 0.167. The van der Waals surface area contributed by atoms with Crippen molar-refractivity contribution in [3.05, 3.63) is 133 Å². The van der Waals surface area contributed by atoms with Crippen molar-refractivity contribution in [1.82, 2.24) is 10.6 Å². The van der Waals surface area contributed by atoms with Gasteiger partial charge in [-0.2, -0.15) is 0 Å². The van der Waals surface area contributed by atoms with Gasteiger partial charge in [0.1, 0.15) is 5.84 Å². The van der Waals surface area contributed by atoms with Gasteiger partial charge in [-0.05, 0) is 67.7 Å². The lowest BCUT2D eigenvalue weighted by Crippen LogP contribution is -2.24. The predicted octanol–water partition coefficient (Wildman–Crippen LogP) is 5.92. The molecule has 0 fully saturated rings. The van der Waals surface area contributed by atoms with Crippen LogP contribution in [0, 0.1) is 13.8 Å². The van der Waals surface area contributed by atoms with Crippen molar-refractivity contribution in [3.8, 4) is 0 Å². The molecule has 3 rings (SSSR count). The highest BCUT2D eigenvalue weighted by atomic mass is 15.0. The van der Waals surface area contributed by atoms with Gasteiger partial charge < -0.3 is 21.7 Å². The number of anilines is 1. The first kappa shape index (κ1) is 27.2. The number of aliphatic imine (C=N–C) groups is 1. The highest BCUT2D eigenvalue weighted by molar-refractivity contribution is 6.01. The van der Waals surface area contributed by atoms with E-state index in [1.165, 1.54) is 17.3 Å². The van der Waals surface area contributed by atoms with E-state index in [2.05, 4.69) is 85.6 Å². The van der Waals surface area contributed by atoms with Crippen molar-refractivity contribution in [1.29, 1.82) is 0 Å². The van der Waals surface area contributed by atoms with Crippen LogP contribution in [0.25, 0.3) is 5.70 Å². The number of likely N-dealkylation sites (N-methyl/N-ethyl adjacent to an activating group) is 1. The Balaban J connectivity index is 0.00000137. The van der Waals surface area contributed by atoms with E-state index >= 15 is 0 Å². The average Bonchev–Trinajstić information content (AvgIpc) is 2.86. The third-order valence-corrected chi connectivity index (χ3v) is 5.47. The van der Waals surface area contributed by atoms with Gasteiger partial charge in [-0.3, -0.25) is 4.99 Å². The molecule has 3 aromatic rings. The third-order valence-electron chi connectivity index (χ3n) is 5.47. The highest BCUT2D eigenvalue weighted by Crippen LogP contribution is 2.24. The molecule has 0 aliphatic heterocycles. The zero-order chi connectivity index (χ0) is 25.6. The Morgan fingerprint density at radius 2 is 1.69 bits per heavy atom. The third kappa shape index (κ3) is 8.02. The van der Waals surface area contributed by atoms with Crippen molar-refractivity contribution in [3.63, 3.8) is 0 Å². The van der Waals surface area contributed by atoms with Gasteiger partial charge in [0, 0.05) is 23.5 Å². The van der Waals surface area contributed by atoms with Crippen molar-refractivity contribution >= 4 is 17.2 Å². The molecule has 35 heavy (non-hydrogen) atoms. The van der Waals surface area contributed by atoms with Crippen LogP contribution in [0.3, 0.4) is 0 Å². The van der Waals surface area contributed by atoms with E-state index in [1.54, 1.807) is 6.20 Å². The van der Waals surface area contributed by atoms with Crippen LogP contribution in [-0.4, -0.2) is 19.4 Å². The highest BCUT2D eigenvalue weighted by Gasteiger charge is 2.14. The topological polar surface area (TPSA) is 74.5 Å². The van der Waals surface area contributed by atoms with Crippen LogP contribution in [-0.2, 0) is 0 Å². The zero-order valence-corrected chi connectivity index (χ0v) is 21.0. The van der Waals surface area contributed by atoms with E-state index in [-0.39, 0.29) is 6.04 Å². The minimum absolute atomic E-state index is 0.0749. The van der Waals surface area contributed by atoms with Gasteiger partial charge in [0.05, 0.1) is 6.04 Å². The monoisotopic (exact) mass is 467 g/mol. The summed E-state index contributed by atoms with van der Waals surface area (Å²) in [6.45, 7) is 16.1. The lowest BCUT2D eigenvalue weighted by molar-refractivity contribution is 0.653. The first-order valence-corrected chi connectivity index (χ1v) is 11.6. The number of hydrogen-bond acceptors (Lipinski definition) is 4. The average molecular weight is 468 g/mol. The summed E-state index contributed by atoms with van der Waals surface area (Å²) < 4.78 is 0. The molecule has 3 aromatic carbocycles. The molecule has 0 radical (unpaired) electrons. The maximum atomic E-state index is 5.10. The van der Waals surface area contributed by atoms with Gasteiger partial charge in [0.25, 0.3) is 0 Å². The Bertz CT molecular complexity index is 1150. The summed E-state index contributed by atoms with van der Waals surface area (Å²) in [6.07, 6.45) is 2.93. The number of nitrogens with one attached hydrogen (secondary N) is 3. The zero-order valence-electron chi connectivity index (χ0n) is 21.0. The van der Waals surface area contributed by atoms with E-state index in [4.69, 9.17) is 4.99 Å². The summed E-state index contributed by atoms with van der Waals surface area (Å²) in [4.78, 5) is 5.10. The van der Waals surface area contributed by atoms with Crippen molar-refractivity contribution in [2.45, 2.75) is 19.9 Å². The van der Waals surface area contributed by atoms with Crippen LogP contribution in [0.15, 0.2) is 110 Å². The van der Waals surface area contributed by atoms with E-state index in [9.17, 15) is 0 Å². The van der Waals surface area contributed by atoms with Gasteiger partial charge in [0.15, 0.2) is 0 Å². The minimum atomic E-state index is -0.0749. The van der Waals surface area contributed by atoms with E-state index in [0.717, 1.165) is 33.9 Å². The quantitative estimate of drug-likeness (QED) is 0.233. The Hall–Kier alpha value is -4.09. The molecule has 182 valence electrons. The van der Waals surface area contributed by atoms with Crippen LogP contribution < -0.4 is 21.7 Å². The van der Waals surface area contributed by atoms with Crippen LogP contribution in [0.1, 0.15) is 33.9 Å². The molecule has 0 saturated carbocycles. The lowest BCUT2D eigenvalue weighted by Gasteiger charge is -2.19. The molecule has 1 atom stereocenters. The molecule has 0 aliphatic carbocycles. The standard InChI is InChI=1S/C28H32N4.C2H5N/c1-6-30-28(26-17-10-12-20(2)21(26)3)32-27(19-29-5)24-15-11-16-25(18-24)31-22(4)23-13-8-7-9-14-23;1-2-3/h6-18,27,29,31H,1,4,19H2,2-3,5H3,(H,30,32);2H,1,3H2. The number of rotatable bonds is 9. The molecule has 5 N–H and O–H groups in total. The summed E-state index contributed by atoms with van der Waals surface area (Å²) >= 11 is 0. The SMILES string of the molecule is C=CN.C=CNC(=NC(CNC)c1cccc(NC(=C)c2ccccc2)c1)c1cccc(C)c1C. The molecule has 0 bridgehead atoms. The lowest BCUT2D eigenvalue weighted by atomic mass is 10.0. The van der Waals surface area contributed by atoms with Crippen LogP contribution >= 0.6 is 0 Å². The molecule has 0 saturated heterocycles. The van der Waals surface area contributed by atoms with E-state index in [0.29, 0.717) is 6.54 Å². The molecule has 5 heteroatoms. The second-order valence-electron chi connectivity index (χ2n) is 7.98. The summed E-state index contributed by atoms with van der Waals surface area (Å²) in [5.74, 6) is 0.813. The Morgan fingerprint density at radius 1 is 1.00 bits per heavy atom. The minimum Gasteiger partial charge on any atom is -0.405 e. The first-order valence-electron chi connectivity index (χ1n) is 11.6. The Morgan fingerprint density at radius 3 is 2.34 bits per heavy atom. The first-order chi connectivity index (χ1) is 16.9. The summed E-state index contributed by atoms with van der Waals surface area (Å²) in [7, 11) is 1.94.